The molecule has 88 valence electrons. The van der Waals surface area contributed by atoms with Crippen LogP contribution in [-0.4, -0.2) is 4.98 Å². The molecule has 1 heterocycles. The van der Waals surface area contributed by atoms with Gasteiger partial charge in [0.2, 0.25) is 0 Å². The molecule has 0 fully saturated rings. The molecule has 0 unspecified atom stereocenters. The summed E-state index contributed by atoms with van der Waals surface area (Å²) >= 11 is 4.30. The van der Waals surface area contributed by atoms with Crippen LogP contribution in [0.25, 0.3) is 11.3 Å². The third-order valence-corrected chi connectivity index (χ3v) is 3.36. The molecule has 0 spiro atoms. The maximum atomic E-state index is 4.66. The SMILES string of the molecule is Cc1ccc(-c2ccc(CS)c(C)n2)c(C)c1. The molecule has 17 heavy (non-hydrogen) atoms. The zero-order valence-electron chi connectivity index (χ0n) is 10.5. The van der Waals surface area contributed by atoms with E-state index in [4.69, 9.17) is 0 Å². The van der Waals surface area contributed by atoms with Crippen molar-refractivity contribution in [1.29, 1.82) is 0 Å². The lowest BCUT2D eigenvalue weighted by Crippen LogP contribution is -1.94. The molecular weight excluding hydrogens is 226 g/mol. The summed E-state index contributed by atoms with van der Waals surface area (Å²) in [6.45, 7) is 6.28. The van der Waals surface area contributed by atoms with E-state index < -0.39 is 0 Å². The van der Waals surface area contributed by atoms with Crippen molar-refractivity contribution in [2.45, 2.75) is 26.5 Å². The Morgan fingerprint density at radius 3 is 2.41 bits per heavy atom. The quantitative estimate of drug-likeness (QED) is 0.783. The molecule has 0 N–H and O–H groups in total. The highest BCUT2D eigenvalue weighted by Gasteiger charge is 2.05. The van der Waals surface area contributed by atoms with Gasteiger partial charge in [0.25, 0.3) is 0 Å². The summed E-state index contributed by atoms with van der Waals surface area (Å²) in [5, 5.41) is 0. The molecule has 1 nitrogen and oxygen atoms in total. The van der Waals surface area contributed by atoms with Gasteiger partial charge in [-0.25, -0.2) is 0 Å². The summed E-state index contributed by atoms with van der Waals surface area (Å²) in [4.78, 5) is 4.66. The van der Waals surface area contributed by atoms with Crippen molar-refractivity contribution in [2.75, 3.05) is 0 Å². The Labute approximate surface area is 108 Å². The average molecular weight is 243 g/mol. The Morgan fingerprint density at radius 1 is 1.06 bits per heavy atom. The number of aryl methyl sites for hydroxylation is 3. The summed E-state index contributed by atoms with van der Waals surface area (Å²) < 4.78 is 0. The number of rotatable bonds is 2. The standard InChI is InChI=1S/C15H17NS/c1-10-4-6-14(11(2)8-10)15-7-5-13(9-17)12(3)16-15/h4-8,17H,9H2,1-3H3. The molecule has 0 amide bonds. The topological polar surface area (TPSA) is 12.9 Å². The summed E-state index contributed by atoms with van der Waals surface area (Å²) in [5.74, 6) is 0.742. The second-order valence-electron chi connectivity index (χ2n) is 4.42. The Balaban J connectivity index is 2.50. The first-order chi connectivity index (χ1) is 8.11. The first-order valence-electron chi connectivity index (χ1n) is 5.77. The van der Waals surface area contributed by atoms with Crippen LogP contribution in [0.1, 0.15) is 22.4 Å². The van der Waals surface area contributed by atoms with Gasteiger partial charge in [0.1, 0.15) is 0 Å². The number of thiol groups is 1. The molecule has 0 aliphatic carbocycles. The van der Waals surface area contributed by atoms with E-state index in [0.29, 0.717) is 0 Å². The molecule has 0 atom stereocenters. The van der Waals surface area contributed by atoms with Gasteiger partial charge in [-0.15, -0.1) is 0 Å². The van der Waals surface area contributed by atoms with Crippen molar-refractivity contribution in [1.82, 2.24) is 4.98 Å². The largest absolute Gasteiger partial charge is 0.253 e. The monoisotopic (exact) mass is 243 g/mol. The van der Waals surface area contributed by atoms with Crippen LogP contribution in [0.2, 0.25) is 0 Å². The van der Waals surface area contributed by atoms with Crippen LogP contribution in [0.3, 0.4) is 0 Å². The summed E-state index contributed by atoms with van der Waals surface area (Å²) in [6.07, 6.45) is 0. The Kier molecular flexibility index (Phi) is 3.53. The minimum atomic E-state index is 0.742. The van der Waals surface area contributed by atoms with E-state index >= 15 is 0 Å². The lowest BCUT2D eigenvalue weighted by molar-refractivity contribution is 1.14. The van der Waals surface area contributed by atoms with E-state index in [1.165, 1.54) is 22.3 Å². The van der Waals surface area contributed by atoms with E-state index in [1.54, 1.807) is 0 Å². The fourth-order valence-electron chi connectivity index (χ4n) is 2.01. The second kappa shape index (κ2) is 4.92. The van der Waals surface area contributed by atoms with Gasteiger partial charge in [-0.1, -0.05) is 29.8 Å². The average Bonchev–Trinajstić information content (AvgIpc) is 2.29. The molecule has 0 aliphatic rings. The van der Waals surface area contributed by atoms with Gasteiger partial charge in [0, 0.05) is 17.0 Å². The molecule has 2 rings (SSSR count). The van der Waals surface area contributed by atoms with Gasteiger partial charge >= 0.3 is 0 Å². The zero-order chi connectivity index (χ0) is 12.4. The van der Waals surface area contributed by atoms with Crippen molar-refractivity contribution in [2.24, 2.45) is 0 Å². The lowest BCUT2D eigenvalue weighted by Gasteiger charge is -2.09. The fourth-order valence-corrected chi connectivity index (χ4v) is 2.34. The van der Waals surface area contributed by atoms with Gasteiger partial charge in [-0.05, 0) is 38.0 Å². The van der Waals surface area contributed by atoms with Crippen LogP contribution in [0.4, 0.5) is 0 Å². The molecule has 0 aliphatic heterocycles. The number of hydrogen-bond acceptors (Lipinski definition) is 2. The molecule has 0 radical (unpaired) electrons. The second-order valence-corrected chi connectivity index (χ2v) is 4.73. The van der Waals surface area contributed by atoms with Crippen LogP contribution in [0.15, 0.2) is 30.3 Å². The first-order valence-corrected chi connectivity index (χ1v) is 6.40. The molecule has 1 aromatic carbocycles. The predicted molar refractivity (Wildman–Crippen MR) is 76.6 cm³/mol. The smallest absolute Gasteiger partial charge is 0.0708 e. The maximum Gasteiger partial charge on any atom is 0.0708 e. The number of nitrogens with zero attached hydrogens (tertiary/aromatic N) is 1. The van der Waals surface area contributed by atoms with Crippen LogP contribution in [0.5, 0.6) is 0 Å². The van der Waals surface area contributed by atoms with Gasteiger partial charge in [-0.2, -0.15) is 12.6 Å². The lowest BCUT2D eigenvalue weighted by atomic mass is 10.0. The molecule has 0 saturated carbocycles. The predicted octanol–water partition coefficient (Wildman–Crippen LogP) is 4.10. The van der Waals surface area contributed by atoms with Crippen LogP contribution < -0.4 is 0 Å². The molecular formula is C15H17NS. The Hall–Kier alpha value is -1.28. The van der Waals surface area contributed by atoms with Crippen molar-refractivity contribution in [3.63, 3.8) is 0 Å². The maximum absolute atomic E-state index is 4.66. The van der Waals surface area contributed by atoms with E-state index in [1.807, 2.05) is 6.92 Å². The van der Waals surface area contributed by atoms with Crippen molar-refractivity contribution >= 4 is 12.6 Å². The fraction of sp³-hybridized carbons (Fsp3) is 0.267. The van der Waals surface area contributed by atoms with Gasteiger partial charge in [0.15, 0.2) is 0 Å². The number of hydrogen-bond donors (Lipinski definition) is 1. The normalized spacial score (nSPS) is 10.6. The third-order valence-electron chi connectivity index (χ3n) is 3.02. The summed E-state index contributed by atoms with van der Waals surface area (Å²) in [5.41, 5.74) is 7.08. The van der Waals surface area contributed by atoms with Crippen molar-refractivity contribution in [3.05, 3.63) is 52.7 Å². The minimum absolute atomic E-state index is 0.742. The van der Waals surface area contributed by atoms with Crippen LogP contribution in [0, 0.1) is 20.8 Å². The number of pyridine rings is 1. The molecule has 0 bridgehead atoms. The minimum Gasteiger partial charge on any atom is -0.253 e. The van der Waals surface area contributed by atoms with Crippen molar-refractivity contribution in [3.8, 4) is 11.3 Å². The van der Waals surface area contributed by atoms with E-state index in [2.05, 4.69) is 61.8 Å². The number of aromatic nitrogens is 1. The number of benzene rings is 1. The van der Waals surface area contributed by atoms with Gasteiger partial charge in [0.05, 0.1) is 5.69 Å². The zero-order valence-corrected chi connectivity index (χ0v) is 11.4. The van der Waals surface area contributed by atoms with E-state index in [-0.39, 0.29) is 0 Å². The van der Waals surface area contributed by atoms with Crippen LogP contribution >= 0.6 is 12.6 Å². The highest BCUT2D eigenvalue weighted by Crippen LogP contribution is 2.23. The molecule has 2 heteroatoms. The molecule has 0 saturated heterocycles. The molecule has 2 aromatic rings. The first kappa shape index (κ1) is 12.2. The van der Waals surface area contributed by atoms with E-state index in [0.717, 1.165) is 17.1 Å². The highest BCUT2D eigenvalue weighted by atomic mass is 32.1. The van der Waals surface area contributed by atoms with E-state index in [9.17, 15) is 0 Å². The van der Waals surface area contributed by atoms with Crippen molar-refractivity contribution < 1.29 is 0 Å². The third kappa shape index (κ3) is 2.52. The summed E-state index contributed by atoms with van der Waals surface area (Å²) in [6, 6.07) is 10.7. The Bertz CT molecular complexity index is 547. The van der Waals surface area contributed by atoms with Crippen LogP contribution in [-0.2, 0) is 5.75 Å². The molecule has 1 aromatic heterocycles. The van der Waals surface area contributed by atoms with Gasteiger partial charge < -0.3 is 0 Å². The summed E-state index contributed by atoms with van der Waals surface area (Å²) in [7, 11) is 0. The van der Waals surface area contributed by atoms with Gasteiger partial charge in [-0.3, -0.25) is 4.98 Å². The Morgan fingerprint density at radius 2 is 1.82 bits per heavy atom. The highest BCUT2D eigenvalue weighted by molar-refractivity contribution is 7.79.